The summed E-state index contributed by atoms with van der Waals surface area (Å²) in [7, 11) is 0. The Morgan fingerprint density at radius 1 is 1.40 bits per heavy atom. The third kappa shape index (κ3) is 1450. The van der Waals surface area contributed by atoms with Crippen molar-refractivity contribution < 1.29 is 9.90 Å². The van der Waals surface area contributed by atoms with Crippen LogP contribution in [-0.4, -0.2) is 11.1 Å². The lowest BCUT2D eigenvalue weighted by Crippen LogP contribution is -1.78. The molecular formula is C6H10Cl2O2. The van der Waals surface area contributed by atoms with Crippen molar-refractivity contribution in [1.29, 1.82) is 0 Å². The van der Waals surface area contributed by atoms with Crippen molar-refractivity contribution in [3.63, 3.8) is 0 Å². The van der Waals surface area contributed by atoms with E-state index in [9.17, 15) is 0 Å². The number of hydrogen-bond acceptors (Lipinski definition) is 1. The zero-order valence-electron chi connectivity index (χ0n) is 5.73. The van der Waals surface area contributed by atoms with Crippen LogP contribution in [0.25, 0.3) is 0 Å². The van der Waals surface area contributed by atoms with Gasteiger partial charge in [-0.05, 0) is 0 Å². The Labute approximate surface area is 70.8 Å². The molecule has 1 N–H and O–H groups in total. The van der Waals surface area contributed by atoms with Gasteiger partial charge in [0.15, 0.2) is 0 Å². The molecule has 0 rings (SSSR count). The first kappa shape index (κ1) is 16.3. The maximum absolute atomic E-state index is 9.00. The van der Waals surface area contributed by atoms with Gasteiger partial charge in [0.25, 0.3) is 5.97 Å². The normalized spacial score (nSPS) is 5.50. The molecule has 0 radical (unpaired) electrons. The Morgan fingerprint density at radius 3 is 1.40 bits per heavy atom. The maximum Gasteiger partial charge on any atom is 0.300 e. The zero-order valence-corrected chi connectivity index (χ0v) is 7.24. The van der Waals surface area contributed by atoms with Crippen molar-refractivity contribution in [2.75, 3.05) is 0 Å². The van der Waals surface area contributed by atoms with E-state index in [1.54, 1.807) is 0 Å². The summed E-state index contributed by atoms with van der Waals surface area (Å²) in [6.45, 7) is 10.2. The highest BCUT2D eigenvalue weighted by molar-refractivity contribution is 6.55. The van der Waals surface area contributed by atoms with Crippen LogP contribution in [0.2, 0.25) is 0 Å². The molecule has 0 unspecified atom stereocenters. The van der Waals surface area contributed by atoms with Gasteiger partial charge in [-0.25, -0.2) is 0 Å². The molecule has 2 nitrogen and oxygen atoms in total. The molecule has 0 aromatic heterocycles. The molecular weight excluding hydrogens is 175 g/mol. The fraction of sp³-hybridized carbons (Fsp3) is 0.167. The number of hydrogen-bond donors (Lipinski definition) is 1. The molecule has 4 heteroatoms. The Kier molecular flexibility index (Phi) is 25.7. The van der Waals surface area contributed by atoms with Crippen molar-refractivity contribution >= 4 is 29.2 Å². The van der Waals surface area contributed by atoms with Gasteiger partial charge in [-0.15, -0.1) is 13.2 Å². The van der Waals surface area contributed by atoms with Crippen LogP contribution >= 0.6 is 23.2 Å². The van der Waals surface area contributed by atoms with E-state index in [2.05, 4.69) is 19.7 Å². The predicted octanol–water partition coefficient (Wildman–Crippen LogP) is 2.83. The van der Waals surface area contributed by atoms with E-state index in [4.69, 9.17) is 33.1 Å². The van der Waals surface area contributed by atoms with E-state index in [-0.39, 0.29) is 4.49 Å². The second-order valence-corrected chi connectivity index (χ2v) is 1.96. The number of halogens is 2. The lowest BCUT2D eigenvalue weighted by Gasteiger charge is -1.59. The van der Waals surface area contributed by atoms with Crippen LogP contribution in [0.3, 0.4) is 0 Å². The predicted molar refractivity (Wildman–Crippen MR) is 45.4 cm³/mol. The van der Waals surface area contributed by atoms with Gasteiger partial charge in [0.2, 0.25) is 0 Å². The van der Waals surface area contributed by atoms with Crippen LogP contribution in [0.5, 0.6) is 0 Å². The van der Waals surface area contributed by atoms with E-state index in [1.165, 1.54) is 0 Å². The summed E-state index contributed by atoms with van der Waals surface area (Å²) in [5, 5.41) is 7.42. The molecule has 0 aromatic rings. The Balaban J connectivity index is -0.0000000787. The highest BCUT2D eigenvalue weighted by Crippen LogP contribution is 1.98. The second kappa shape index (κ2) is 15.8. The summed E-state index contributed by atoms with van der Waals surface area (Å²) in [5.74, 6) is -0.833. The molecule has 0 saturated carbocycles. The molecule has 0 aromatic carbocycles. The van der Waals surface area contributed by atoms with Gasteiger partial charge in [0.1, 0.15) is 0 Å². The van der Waals surface area contributed by atoms with Crippen LogP contribution in [0.1, 0.15) is 6.92 Å². The minimum Gasteiger partial charge on any atom is -0.481 e. The third-order valence-corrected chi connectivity index (χ3v) is 0. The topological polar surface area (TPSA) is 37.3 Å². The summed E-state index contributed by atoms with van der Waals surface area (Å²) < 4.78 is 0.111. The van der Waals surface area contributed by atoms with Crippen LogP contribution in [0.15, 0.2) is 24.2 Å². The minimum absolute atomic E-state index is 0.111. The van der Waals surface area contributed by atoms with Crippen LogP contribution in [0.4, 0.5) is 0 Å². The first-order valence-corrected chi connectivity index (χ1v) is 2.92. The Bertz CT molecular complexity index is 81.9. The molecule has 0 bridgehead atoms. The maximum atomic E-state index is 9.00. The number of carboxylic acid groups (broad SMARTS) is 1. The quantitative estimate of drug-likeness (QED) is 0.589. The average Bonchev–Trinajstić information content (AvgIpc) is 1.66. The molecule has 0 amide bonds. The van der Waals surface area contributed by atoms with Gasteiger partial charge < -0.3 is 5.11 Å². The van der Waals surface area contributed by atoms with E-state index in [0.29, 0.717) is 0 Å². The van der Waals surface area contributed by atoms with E-state index >= 15 is 0 Å². The summed E-state index contributed by atoms with van der Waals surface area (Å²) in [4.78, 5) is 9.00. The second-order valence-electron chi connectivity index (χ2n) is 0.858. The zero-order chi connectivity index (χ0) is 9.15. The molecule has 0 atom stereocenters. The molecule has 0 spiro atoms. The monoisotopic (exact) mass is 184 g/mol. The molecule has 60 valence electrons. The summed E-state index contributed by atoms with van der Waals surface area (Å²) >= 11 is 9.69. The number of carboxylic acids is 1. The SMILES string of the molecule is C=C.C=C(Cl)Cl.CC(=O)O. The van der Waals surface area contributed by atoms with Crippen LogP contribution < -0.4 is 0 Å². The molecule has 0 aliphatic rings. The lowest BCUT2D eigenvalue weighted by atomic mass is 10.9. The molecule has 0 aliphatic heterocycles. The van der Waals surface area contributed by atoms with E-state index in [0.717, 1.165) is 6.92 Å². The van der Waals surface area contributed by atoms with Gasteiger partial charge in [0, 0.05) is 6.92 Å². The Hall–Kier alpha value is -0.470. The first-order chi connectivity index (χ1) is 4.46. The third-order valence-electron chi connectivity index (χ3n) is 0. The molecule has 0 saturated heterocycles. The summed E-state index contributed by atoms with van der Waals surface area (Å²) in [6, 6.07) is 0. The minimum atomic E-state index is -0.833. The highest BCUT2D eigenvalue weighted by atomic mass is 35.5. The number of carbonyl (C=O) groups is 1. The molecule has 0 aliphatic carbocycles. The number of aliphatic carboxylic acids is 1. The first-order valence-electron chi connectivity index (χ1n) is 2.16. The van der Waals surface area contributed by atoms with Gasteiger partial charge in [-0.3, -0.25) is 4.79 Å². The number of rotatable bonds is 0. The molecule has 10 heavy (non-hydrogen) atoms. The van der Waals surface area contributed by atoms with Crippen molar-refractivity contribution in [3.8, 4) is 0 Å². The summed E-state index contributed by atoms with van der Waals surface area (Å²) in [5.41, 5.74) is 0. The van der Waals surface area contributed by atoms with Gasteiger partial charge in [0.05, 0.1) is 4.49 Å². The van der Waals surface area contributed by atoms with Gasteiger partial charge in [-0.2, -0.15) is 0 Å². The van der Waals surface area contributed by atoms with Gasteiger partial charge >= 0.3 is 0 Å². The fourth-order valence-electron chi connectivity index (χ4n) is 0. The van der Waals surface area contributed by atoms with Crippen molar-refractivity contribution in [2.45, 2.75) is 6.92 Å². The van der Waals surface area contributed by atoms with E-state index in [1.807, 2.05) is 0 Å². The lowest BCUT2D eigenvalue weighted by molar-refractivity contribution is -0.134. The van der Waals surface area contributed by atoms with E-state index < -0.39 is 5.97 Å². The summed E-state index contributed by atoms with van der Waals surface area (Å²) in [6.07, 6.45) is 0. The highest BCUT2D eigenvalue weighted by Gasteiger charge is 1.65. The van der Waals surface area contributed by atoms with Gasteiger partial charge in [-0.1, -0.05) is 29.8 Å². The smallest absolute Gasteiger partial charge is 0.300 e. The Morgan fingerprint density at radius 2 is 1.40 bits per heavy atom. The average molecular weight is 185 g/mol. The van der Waals surface area contributed by atoms with Crippen molar-refractivity contribution in [2.24, 2.45) is 0 Å². The largest absolute Gasteiger partial charge is 0.481 e. The van der Waals surface area contributed by atoms with Crippen LogP contribution in [0, 0.1) is 0 Å². The molecule has 0 fully saturated rings. The standard InChI is InChI=1S/C2H2Cl2.C2H4O2.C2H4/c2*1-2(3)4;1-2/h1H2;1H3,(H,3,4);1-2H2. The van der Waals surface area contributed by atoms with Crippen molar-refractivity contribution in [3.05, 3.63) is 24.2 Å². The fourth-order valence-corrected chi connectivity index (χ4v) is 0. The van der Waals surface area contributed by atoms with Crippen molar-refractivity contribution in [1.82, 2.24) is 0 Å². The van der Waals surface area contributed by atoms with Crippen LogP contribution in [-0.2, 0) is 4.79 Å². The molecule has 0 heterocycles.